The zero-order valence-corrected chi connectivity index (χ0v) is 29.7. The maximum absolute atomic E-state index is 12.2. The van der Waals surface area contributed by atoms with Crippen molar-refractivity contribution >= 4 is 46.8 Å². The summed E-state index contributed by atoms with van der Waals surface area (Å²) in [4.78, 5) is 31.0. The van der Waals surface area contributed by atoms with Gasteiger partial charge in [0.15, 0.2) is 0 Å². The van der Waals surface area contributed by atoms with Gasteiger partial charge in [0, 0.05) is 47.3 Å². The van der Waals surface area contributed by atoms with Gasteiger partial charge in [-0.1, -0.05) is 48.5 Å². The predicted molar refractivity (Wildman–Crippen MR) is 200 cm³/mol. The highest BCUT2D eigenvalue weighted by Gasteiger charge is 2.17. The molecule has 0 bridgehead atoms. The second-order valence-corrected chi connectivity index (χ2v) is 14.6. The maximum atomic E-state index is 12.2. The molecule has 4 aromatic carbocycles. The molecular weight excluding hydrogens is 669 g/mol. The Balaban J connectivity index is 0.845. The Bertz CT molecular complexity index is 1540. The molecule has 2 fully saturated rings. The number of hydrogen-bond acceptors (Lipinski definition) is 10. The second kappa shape index (κ2) is 17.8. The minimum atomic E-state index is -0.722. The Morgan fingerprint density at radius 1 is 0.520 bits per heavy atom. The fourth-order valence-corrected chi connectivity index (χ4v) is 7.63. The van der Waals surface area contributed by atoms with Crippen molar-refractivity contribution in [3.63, 3.8) is 0 Å². The summed E-state index contributed by atoms with van der Waals surface area (Å²) in [6.07, 6.45) is 3.46. The average Bonchev–Trinajstić information content (AvgIpc) is 3.91. The molecule has 6 rings (SSSR count). The molecule has 2 unspecified atom stereocenters. The van der Waals surface area contributed by atoms with E-state index in [2.05, 4.69) is 34.1 Å². The lowest BCUT2D eigenvalue weighted by Crippen LogP contribution is -2.17. The Morgan fingerprint density at radius 3 is 1.14 bits per heavy atom. The first-order valence-electron chi connectivity index (χ1n) is 17.3. The number of carbonyl (C=O) groups is 2. The molecule has 0 aromatic heterocycles. The highest BCUT2D eigenvalue weighted by atomic mass is 32.2. The molecule has 2 saturated heterocycles. The zero-order valence-electron chi connectivity index (χ0n) is 28.1. The van der Waals surface area contributed by atoms with Gasteiger partial charge in [-0.3, -0.25) is 9.59 Å². The fraction of sp³-hybridized carbons (Fsp3) is 0.350. The normalized spacial score (nSPS) is 15.6. The van der Waals surface area contributed by atoms with Crippen LogP contribution in [-0.4, -0.2) is 73.1 Å². The average molecular weight is 713 g/mol. The molecule has 0 aliphatic carbocycles. The summed E-state index contributed by atoms with van der Waals surface area (Å²) in [5.74, 6) is -0.545. The van der Waals surface area contributed by atoms with Gasteiger partial charge in [-0.05, 0) is 96.5 Å². The first kappa shape index (κ1) is 35.9. The molecule has 0 amide bonds. The molecule has 0 spiro atoms. The van der Waals surface area contributed by atoms with E-state index in [4.69, 9.17) is 9.47 Å². The number of hydrogen-bond donors (Lipinski definition) is 2. The predicted octanol–water partition coefficient (Wildman–Crippen LogP) is 7.02. The highest BCUT2D eigenvalue weighted by molar-refractivity contribution is 8.00. The van der Waals surface area contributed by atoms with Crippen molar-refractivity contribution in [1.82, 2.24) is 0 Å². The van der Waals surface area contributed by atoms with Crippen LogP contribution in [-0.2, 0) is 19.1 Å². The SMILES string of the molecule is O=C(CSc1ccc(C(O)c2ccc(N3CCCC3)cc2)cc1)OCCOC(=O)CSc1ccc(C(O)c2ccc(N3CCCC3)cc2)cc1. The number of ether oxygens (including phenoxy) is 2. The largest absolute Gasteiger partial charge is 0.461 e. The third kappa shape index (κ3) is 9.84. The number of rotatable bonds is 15. The van der Waals surface area contributed by atoms with E-state index in [9.17, 15) is 19.8 Å². The van der Waals surface area contributed by atoms with Crippen LogP contribution in [0.4, 0.5) is 11.4 Å². The molecule has 2 heterocycles. The van der Waals surface area contributed by atoms with Gasteiger partial charge in [0.1, 0.15) is 25.4 Å². The topological polar surface area (TPSA) is 99.5 Å². The molecule has 2 N–H and O–H groups in total. The zero-order chi connectivity index (χ0) is 34.7. The molecule has 262 valence electrons. The van der Waals surface area contributed by atoms with Crippen molar-refractivity contribution in [2.24, 2.45) is 0 Å². The highest BCUT2D eigenvalue weighted by Crippen LogP contribution is 2.30. The third-order valence-electron chi connectivity index (χ3n) is 9.07. The van der Waals surface area contributed by atoms with Crippen LogP contribution in [0.15, 0.2) is 107 Å². The molecule has 8 nitrogen and oxygen atoms in total. The fourth-order valence-electron chi connectivity index (χ4n) is 6.24. The number of benzene rings is 4. The number of esters is 2. The van der Waals surface area contributed by atoms with E-state index in [0.29, 0.717) is 0 Å². The van der Waals surface area contributed by atoms with Crippen molar-refractivity contribution in [2.75, 3.05) is 60.7 Å². The van der Waals surface area contributed by atoms with Gasteiger partial charge in [0.05, 0.1) is 11.5 Å². The standard InChI is InChI=1S/C40H44N2O6S2/c43-37(27-49-35-17-9-31(10-18-35)39(45)29-5-13-33(14-6-29)41-21-1-2-22-41)47-25-26-48-38(44)28-50-36-19-11-32(12-20-36)40(46)30-7-15-34(16-8-30)42-23-3-4-24-42/h5-20,39-40,45-46H,1-4,21-28H2. The van der Waals surface area contributed by atoms with E-state index in [-0.39, 0.29) is 24.7 Å². The van der Waals surface area contributed by atoms with Crippen LogP contribution in [0.3, 0.4) is 0 Å². The Hall–Kier alpha value is -3.96. The molecular formula is C40H44N2O6S2. The minimum Gasteiger partial charge on any atom is -0.461 e. The van der Waals surface area contributed by atoms with Crippen LogP contribution in [0, 0.1) is 0 Å². The van der Waals surface area contributed by atoms with Crippen LogP contribution in [0.1, 0.15) is 60.1 Å². The molecule has 0 saturated carbocycles. The summed E-state index contributed by atoms with van der Waals surface area (Å²) in [6, 6.07) is 31.2. The van der Waals surface area contributed by atoms with Gasteiger partial charge in [-0.25, -0.2) is 0 Å². The van der Waals surface area contributed by atoms with Crippen LogP contribution in [0.25, 0.3) is 0 Å². The number of aliphatic hydroxyl groups excluding tert-OH is 2. The monoisotopic (exact) mass is 712 g/mol. The molecule has 2 aliphatic rings. The summed E-state index contributed by atoms with van der Waals surface area (Å²) < 4.78 is 10.5. The maximum Gasteiger partial charge on any atom is 0.316 e. The summed E-state index contributed by atoms with van der Waals surface area (Å²) in [5.41, 5.74) is 5.65. The van der Waals surface area contributed by atoms with Crippen LogP contribution in [0.2, 0.25) is 0 Å². The molecule has 4 aromatic rings. The summed E-state index contributed by atoms with van der Waals surface area (Å²) in [7, 11) is 0. The van der Waals surface area contributed by atoms with Crippen LogP contribution in [0.5, 0.6) is 0 Å². The van der Waals surface area contributed by atoms with E-state index < -0.39 is 24.1 Å². The lowest BCUT2D eigenvalue weighted by molar-refractivity contribution is -0.148. The van der Waals surface area contributed by atoms with Crippen molar-refractivity contribution < 1.29 is 29.3 Å². The molecule has 2 aliphatic heterocycles. The number of thioether (sulfide) groups is 2. The Kier molecular flexibility index (Phi) is 12.8. The van der Waals surface area contributed by atoms with Crippen LogP contribution < -0.4 is 9.80 Å². The number of carbonyl (C=O) groups excluding carboxylic acids is 2. The molecule has 0 radical (unpaired) electrons. The van der Waals surface area contributed by atoms with Crippen molar-refractivity contribution in [3.05, 3.63) is 119 Å². The summed E-state index contributed by atoms with van der Waals surface area (Å²) in [6.45, 7) is 4.32. The first-order chi connectivity index (χ1) is 24.4. The van der Waals surface area contributed by atoms with E-state index >= 15 is 0 Å². The van der Waals surface area contributed by atoms with E-state index in [1.807, 2.05) is 72.8 Å². The number of nitrogens with zero attached hydrogens (tertiary/aromatic N) is 2. The van der Waals surface area contributed by atoms with Gasteiger partial charge in [-0.15, -0.1) is 23.5 Å². The lowest BCUT2D eigenvalue weighted by Gasteiger charge is -2.19. The van der Waals surface area contributed by atoms with E-state index in [1.54, 1.807) is 0 Å². The molecule has 50 heavy (non-hydrogen) atoms. The second-order valence-electron chi connectivity index (χ2n) is 12.5. The van der Waals surface area contributed by atoms with Gasteiger partial charge < -0.3 is 29.5 Å². The summed E-state index contributed by atoms with van der Waals surface area (Å²) >= 11 is 2.69. The molecule has 2 atom stereocenters. The van der Waals surface area contributed by atoms with Crippen molar-refractivity contribution in [3.8, 4) is 0 Å². The van der Waals surface area contributed by atoms with E-state index in [0.717, 1.165) is 58.2 Å². The van der Waals surface area contributed by atoms with Crippen LogP contribution >= 0.6 is 23.5 Å². The number of aliphatic hydroxyl groups is 2. The van der Waals surface area contributed by atoms with Gasteiger partial charge in [-0.2, -0.15) is 0 Å². The molecule has 10 heteroatoms. The lowest BCUT2D eigenvalue weighted by atomic mass is 10.0. The van der Waals surface area contributed by atoms with E-state index in [1.165, 1.54) is 60.6 Å². The first-order valence-corrected chi connectivity index (χ1v) is 19.2. The minimum absolute atomic E-state index is 0.0108. The smallest absolute Gasteiger partial charge is 0.316 e. The van der Waals surface area contributed by atoms with Gasteiger partial charge in [0.25, 0.3) is 0 Å². The van der Waals surface area contributed by atoms with Crippen molar-refractivity contribution in [1.29, 1.82) is 0 Å². The van der Waals surface area contributed by atoms with Gasteiger partial charge >= 0.3 is 11.9 Å². The third-order valence-corrected chi connectivity index (χ3v) is 11.0. The van der Waals surface area contributed by atoms with Crippen molar-refractivity contribution in [2.45, 2.75) is 47.7 Å². The number of anilines is 2. The van der Waals surface area contributed by atoms with Gasteiger partial charge in [0.2, 0.25) is 0 Å². The Morgan fingerprint density at radius 2 is 0.820 bits per heavy atom. The quantitative estimate of drug-likeness (QED) is 0.0760. The summed E-state index contributed by atoms with van der Waals surface area (Å²) in [5, 5.41) is 21.7. The Labute approximate surface area is 302 Å².